The third-order valence-electron chi connectivity index (χ3n) is 4.42. The summed E-state index contributed by atoms with van der Waals surface area (Å²) in [5.41, 5.74) is 2.16. The molecule has 1 aliphatic rings. The molecule has 1 saturated heterocycles. The zero-order valence-electron chi connectivity index (χ0n) is 14.5. The molecule has 0 aliphatic carbocycles. The van der Waals surface area contributed by atoms with Crippen LogP contribution in [-0.4, -0.2) is 41.9 Å². The lowest BCUT2D eigenvalue weighted by Crippen LogP contribution is -2.30. The number of halogens is 1. The number of nitrogens with zero attached hydrogens (tertiary/aromatic N) is 2. The Morgan fingerprint density at radius 2 is 1.76 bits per heavy atom. The van der Waals surface area contributed by atoms with Crippen LogP contribution >= 0.6 is 27.3 Å². The molecule has 1 aromatic heterocycles. The Bertz CT molecular complexity index is 701. The normalized spacial score (nSPS) is 16.6. The van der Waals surface area contributed by atoms with Gasteiger partial charge in [0.2, 0.25) is 5.91 Å². The molecule has 1 fully saturated rings. The summed E-state index contributed by atoms with van der Waals surface area (Å²) in [7, 11) is 0. The number of carbonyl (C=O) groups excluding carboxylic acids is 1. The minimum absolute atomic E-state index is 0.0299. The third-order valence-corrected chi connectivity index (χ3v) is 6.33. The average Bonchev–Trinajstić information content (AvgIpc) is 2.85. The Morgan fingerprint density at radius 3 is 2.36 bits per heavy atom. The molecule has 134 valence electrons. The first-order valence-corrected chi connectivity index (χ1v) is 10.3. The largest absolute Gasteiger partial charge is 0.326 e. The quantitative estimate of drug-likeness (QED) is 0.786. The van der Waals surface area contributed by atoms with Gasteiger partial charge in [0.1, 0.15) is 0 Å². The van der Waals surface area contributed by atoms with Gasteiger partial charge >= 0.3 is 0 Å². The predicted molar refractivity (Wildman–Crippen MR) is 108 cm³/mol. The van der Waals surface area contributed by atoms with Gasteiger partial charge in [0.05, 0.1) is 0 Å². The highest BCUT2D eigenvalue weighted by Crippen LogP contribution is 2.24. The van der Waals surface area contributed by atoms with Crippen molar-refractivity contribution in [2.75, 3.05) is 31.5 Å². The molecule has 0 bridgehead atoms. The van der Waals surface area contributed by atoms with Crippen LogP contribution in [0.1, 0.15) is 23.8 Å². The van der Waals surface area contributed by atoms with Crippen LogP contribution in [0, 0.1) is 0 Å². The number of amides is 1. The number of carbonyl (C=O) groups is 1. The van der Waals surface area contributed by atoms with Crippen molar-refractivity contribution in [2.45, 2.75) is 26.4 Å². The van der Waals surface area contributed by atoms with Gasteiger partial charge in [-0.2, -0.15) is 0 Å². The summed E-state index contributed by atoms with van der Waals surface area (Å²) in [5.74, 6) is -0.0299. The fraction of sp³-hybridized carbons (Fsp3) is 0.421. The van der Waals surface area contributed by atoms with Crippen molar-refractivity contribution in [1.82, 2.24) is 9.80 Å². The molecule has 0 spiro atoms. The van der Waals surface area contributed by atoms with E-state index < -0.39 is 0 Å². The van der Waals surface area contributed by atoms with Crippen LogP contribution < -0.4 is 5.32 Å². The molecule has 3 rings (SSSR count). The van der Waals surface area contributed by atoms with Crippen molar-refractivity contribution in [1.29, 1.82) is 0 Å². The van der Waals surface area contributed by atoms with Crippen LogP contribution in [0.2, 0.25) is 0 Å². The topological polar surface area (TPSA) is 35.6 Å². The van der Waals surface area contributed by atoms with Gasteiger partial charge < -0.3 is 5.32 Å². The van der Waals surface area contributed by atoms with E-state index in [2.05, 4.69) is 54.6 Å². The minimum Gasteiger partial charge on any atom is -0.326 e. The van der Waals surface area contributed by atoms with E-state index in [1.807, 2.05) is 23.5 Å². The monoisotopic (exact) mass is 421 g/mol. The average molecular weight is 422 g/mol. The molecule has 0 atom stereocenters. The highest BCUT2D eigenvalue weighted by molar-refractivity contribution is 9.10. The molecule has 6 heteroatoms. The van der Waals surface area contributed by atoms with Crippen LogP contribution in [0.4, 0.5) is 5.69 Å². The van der Waals surface area contributed by atoms with Gasteiger partial charge in [-0.25, -0.2) is 0 Å². The zero-order valence-corrected chi connectivity index (χ0v) is 16.9. The summed E-state index contributed by atoms with van der Waals surface area (Å²) in [6.07, 6.45) is 1.20. The Morgan fingerprint density at radius 1 is 1.08 bits per heavy atom. The maximum absolute atomic E-state index is 11.1. The van der Waals surface area contributed by atoms with Gasteiger partial charge in [-0.3, -0.25) is 14.6 Å². The molecule has 4 nitrogen and oxygen atoms in total. The number of rotatable bonds is 5. The van der Waals surface area contributed by atoms with E-state index in [1.54, 1.807) is 0 Å². The molecule has 0 saturated carbocycles. The Labute approximate surface area is 162 Å². The molecule has 2 heterocycles. The van der Waals surface area contributed by atoms with Crippen molar-refractivity contribution < 1.29 is 4.79 Å². The minimum atomic E-state index is -0.0299. The maximum atomic E-state index is 11.1. The van der Waals surface area contributed by atoms with E-state index in [1.165, 1.54) is 28.3 Å². The predicted octanol–water partition coefficient (Wildman–Crippen LogP) is 4.18. The lowest BCUT2D eigenvalue weighted by Gasteiger charge is -2.21. The van der Waals surface area contributed by atoms with Crippen LogP contribution in [0.3, 0.4) is 0 Å². The molecule has 2 aromatic rings. The molecule has 1 aliphatic heterocycles. The van der Waals surface area contributed by atoms with E-state index in [9.17, 15) is 4.79 Å². The fourth-order valence-electron chi connectivity index (χ4n) is 3.14. The molecule has 0 radical (unpaired) electrons. The Balaban J connectivity index is 1.51. The smallest absolute Gasteiger partial charge is 0.221 e. The first-order valence-electron chi connectivity index (χ1n) is 8.63. The summed E-state index contributed by atoms with van der Waals surface area (Å²) in [6.45, 7) is 8.03. The number of anilines is 1. The molecule has 25 heavy (non-hydrogen) atoms. The zero-order chi connectivity index (χ0) is 17.6. The molecular weight excluding hydrogens is 398 g/mol. The lowest BCUT2D eigenvalue weighted by molar-refractivity contribution is -0.114. The van der Waals surface area contributed by atoms with E-state index in [4.69, 9.17) is 0 Å². The van der Waals surface area contributed by atoms with Gasteiger partial charge in [-0.05, 0) is 64.6 Å². The van der Waals surface area contributed by atoms with Crippen LogP contribution in [0.5, 0.6) is 0 Å². The molecule has 1 N–H and O–H groups in total. The highest BCUT2D eigenvalue weighted by atomic mass is 79.9. The van der Waals surface area contributed by atoms with Gasteiger partial charge in [0.15, 0.2) is 0 Å². The van der Waals surface area contributed by atoms with E-state index in [0.717, 1.165) is 45.0 Å². The van der Waals surface area contributed by atoms with Crippen LogP contribution in [0.25, 0.3) is 0 Å². The van der Waals surface area contributed by atoms with Crippen LogP contribution in [-0.2, 0) is 17.9 Å². The number of hydrogen-bond donors (Lipinski definition) is 1. The highest BCUT2D eigenvalue weighted by Gasteiger charge is 2.16. The summed E-state index contributed by atoms with van der Waals surface area (Å²) < 4.78 is 1.23. The van der Waals surface area contributed by atoms with Crippen molar-refractivity contribution in [3.05, 3.63) is 50.6 Å². The lowest BCUT2D eigenvalue weighted by atomic mass is 10.2. The van der Waals surface area contributed by atoms with Gasteiger partial charge in [-0.1, -0.05) is 12.1 Å². The summed E-state index contributed by atoms with van der Waals surface area (Å²) >= 11 is 5.46. The summed E-state index contributed by atoms with van der Waals surface area (Å²) in [4.78, 5) is 17.6. The maximum Gasteiger partial charge on any atom is 0.221 e. The van der Waals surface area contributed by atoms with E-state index in [-0.39, 0.29) is 5.91 Å². The second-order valence-electron chi connectivity index (χ2n) is 6.48. The number of nitrogens with one attached hydrogen (secondary N) is 1. The fourth-order valence-corrected chi connectivity index (χ4v) is 4.66. The van der Waals surface area contributed by atoms with Gasteiger partial charge in [0, 0.05) is 48.1 Å². The second kappa shape index (κ2) is 8.94. The Kier molecular flexibility index (Phi) is 6.64. The number of thiophene rings is 1. The third kappa shape index (κ3) is 5.64. The number of hydrogen-bond acceptors (Lipinski definition) is 4. The molecule has 1 aromatic carbocycles. The van der Waals surface area contributed by atoms with Gasteiger partial charge in [-0.15, -0.1) is 11.3 Å². The standard InChI is InChI=1S/C19H24BrN3OS/c1-15(24)21-17-5-3-16(4-6-17)13-22-8-2-9-23(11-10-22)14-19-18(20)7-12-25-19/h3-7,12H,2,8-11,13-14H2,1H3,(H,21,24). The second-order valence-corrected chi connectivity index (χ2v) is 8.33. The summed E-state index contributed by atoms with van der Waals surface area (Å²) in [6, 6.07) is 10.3. The number of benzene rings is 1. The Hall–Kier alpha value is -1.21. The van der Waals surface area contributed by atoms with Crippen molar-refractivity contribution in [3.63, 3.8) is 0 Å². The molecular formula is C19H24BrN3OS. The van der Waals surface area contributed by atoms with Crippen LogP contribution in [0.15, 0.2) is 40.2 Å². The van der Waals surface area contributed by atoms with Crippen molar-refractivity contribution in [2.24, 2.45) is 0 Å². The summed E-state index contributed by atoms with van der Waals surface area (Å²) in [5, 5.41) is 4.96. The molecule has 1 amide bonds. The van der Waals surface area contributed by atoms with Gasteiger partial charge in [0.25, 0.3) is 0 Å². The molecule has 0 unspecified atom stereocenters. The first kappa shape index (κ1) is 18.6. The van der Waals surface area contributed by atoms with Crippen molar-refractivity contribution >= 4 is 38.9 Å². The first-order chi connectivity index (χ1) is 12.1. The van der Waals surface area contributed by atoms with Crippen molar-refractivity contribution in [3.8, 4) is 0 Å². The van der Waals surface area contributed by atoms with E-state index >= 15 is 0 Å². The van der Waals surface area contributed by atoms with E-state index in [0.29, 0.717) is 0 Å². The SMILES string of the molecule is CC(=O)Nc1ccc(CN2CCCN(Cc3sccc3Br)CC2)cc1.